The second kappa shape index (κ2) is 5.25. The van der Waals surface area contributed by atoms with Crippen molar-refractivity contribution in [1.82, 2.24) is 14.9 Å². The molecule has 0 atom stereocenters. The molecule has 1 aliphatic rings. The molecule has 0 spiro atoms. The monoisotopic (exact) mass is 282 g/mol. The predicted octanol–water partition coefficient (Wildman–Crippen LogP) is 2.53. The van der Waals surface area contributed by atoms with E-state index >= 15 is 0 Å². The van der Waals surface area contributed by atoms with Gasteiger partial charge in [0.05, 0.1) is 0 Å². The molecule has 2 rings (SSSR count). The molecule has 0 aromatic carbocycles. The van der Waals surface area contributed by atoms with Crippen LogP contribution >= 0.6 is 11.6 Å². The summed E-state index contributed by atoms with van der Waals surface area (Å²) in [5.41, 5.74) is 1.13. The highest BCUT2D eigenvalue weighted by molar-refractivity contribution is 6.30. The van der Waals surface area contributed by atoms with Crippen molar-refractivity contribution < 1.29 is 0 Å². The van der Waals surface area contributed by atoms with Crippen LogP contribution in [0.2, 0.25) is 5.15 Å². The summed E-state index contributed by atoms with van der Waals surface area (Å²) < 4.78 is 0. The fourth-order valence-corrected chi connectivity index (χ4v) is 2.59. The normalized spacial score (nSPS) is 19.8. The van der Waals surface area contributed by atoms with Crippen LogP contribution in [0.1, 0.15) is 32.2 Å². The minimum Gasteiger partial charge on any atom is -0.353 e. The lowest BCUT2D eigenvalue weighted by atomic mass is 9.99. The topological polar surface area (TPSA) is 32.3 Å². The lowest BCUT2D eigenvalue weighted by molar-refractivity contribution is 0.138. The Kier molecular flexibility index (Phi) is 4.02. The standard InChI is InChI=1S/C14H23ClN4/c1-6-11-16-12(15)10(2)13(17-11)19-8-7-18(5)14(3,4)9-19/h6-9H2,1-5H3. The van der Waals surface area contributed by atoms with Gasteiger partial charge in [-0.3, -0.25) is 4.90 Å². The van der Waals surface area contributed by atoms with Crippen molar-refractivity contribution in [2.75, 3.05) is 31.6 Å². The lowest BCUT2D eigenvalue weighted by Crippen LogP contribution is -2.58. The van der Waals surface area contributed by atoms with E-state index in [0.717, 1.165) is 43.3 Å². The number of nitrogens with zero attached hydrogens (tertiary/aromatic N) is 4. The number of aryl methyl sites for hydroxylation is 1. The first-order valence-corrected chi connectivity index (χ1v) is 7.22. The van der Waals surface area contributed by atoms with Gasteiger partial charge < -0.3 is 4.90 Å². The first kappa shape index (κ1) is 14.5. The van der Waals surface area contributed by atoms with E-state index in [9.17, 15) is 0 Å². The second-order valence-electron chi connectivity index (χ2n) is 5.89. The van der Waals surface area contributed by atoms with Crippen LogP contribution < -0.4 is 4.90 Å². The molecule has 4 nitrogen and oxygen atoms in total. The van der Waals surface area contributed by atoms with E-state index in [1.807, 2.05) is 6.92 Å². The van der Waals surface area contributed by atoms with Gasteiger partial charge in [0.15, 0.2) is 0 Å². The maximum Gasteiger partial charge on any atom is 0.137 e. The summed E-state index contributed by atoms with van der Waals surface area (Å²) in [6.45, 7) is 11.6. The van der Waals surface area contributed by atoms with Crippen LogP contribution in [0.25, 0.3) is 0 Å². The van der Waals surface area contributed by atoms with Gasteiger partial charge >= 0.3 is 0 Å². The molecule has 106 valence electrons. The molecule has 19 heavy (non-hydrogen) atoms. The number of hydrogen-bond donors (Lipinski definition) is 0. The number of likely N-dealkylation sites (N-methyl/N-ethyl adjacent to an activating group) is 1. The zero-order valence-corrected chi connectivity index (χ0v) is 13.3. The van der Waals surface area contributed by atoms with E-state index in [-0.39, 0.29) is 5.54 Å². The smallest absolute Gasteiger partial charge is 0.137 e. The van der Waals surface area contributed by atoms with Crippen LogP contribution in [0.3, 0.4) is 0 Å². The first-order chi connectivity index (χ1) is 8.85. The third-order valence-electron chi connectivity index (χ3n) is 4.04. The molecule has 1 saturated heterocycles. The number of rotatable bonds is 2. The van der Waals surface area contributed by atoms with Crippen LogP contribution in [-0.4, -0.2) is 47.1 Å². The van der Waals surface area contributed by atoms with Crippen molar-refractivity contribution >= 4 is 17.4 Å². The summed E-state index contributed by atoms with van der Waals surface area (Å²) in [6, 6.07) is 0. The van der Waals surface area contributed by atoms with Gasteiger partial charge in [0.1, 0.15) is 16.8 Å². The third kappa shape index (κ3) is 2.84. The Morgan fingerprint density at radius 1 is 1.26 bits per heavy atom. The van der Waals surface area contributed by atoms with Crippen molar-refractivity contribution in [2.45, 2.75) is 39.7 Å². The van der Waals surface area contributed by atoms with Crippen molar-refractivity contribution in [1.29, 1.82) is 0 Å². The fraction of sp³-hybridized carbons (Fsp3) is 0.714. The van der Waals surface area contributed by atoms with E-state index in [1.54, 1.807) is 0 Å². The van der Waals surface area contributed by atoms with Gasteiger partial charge in [-0.15, -0.1) is 0 Å². The van der Waals surface area contributed by atoms with E-state index in [4.69, 9.17) is 11.6 Å². The highest BCUT2D eigenvalue weighted by atomic mass is 35.5. The summed E-state index contributed by atoms with van der Waals surface area (Å²) in [5, 5.41) is 0.582. The van der Waals surface area contributed by atoms with Crippen molar-refractivity contribution in [3.05, 3.63) is 16.5 Å². The van der Waals surface area contributed by atoms with Crippen LogP contribution in [0.5, 0.6) is 0 Å². The van der Waals surface area contributed by atoms with Gasteiger partial charge in [-0.2, -0.15) is 0 Å². The molecule has 5 heteroatoms. The SMILES string of the molecule is CCc1nc(Cl)c(C)c(N2CCN(C)C(C)(C)C2)n1. The maximum absolute atomic E-state index is 6.23. The Bertz CT molecular complexity index is 473. The Morgan fingerprint density at radius 2 is 1.95 bits per heavy atom. The lowest BCUT2D eigenvalue weighted by Gasteiger charge is -2.46. The molecule has 2 heterocycles. The summed E-state index contributed by atoms with van der Waals surface area (Å²) in [4.78, 5) is 13.7. The zero-order valence-electron chi connectivity index (χ0n) is 12.5. The molecule has 1 aromatic heterocycles. The minimum atomic E-state index is 0.147. The van der Waals surface area contributed by atoms with Crippen molar-refractivity contribution in [3.63, 3.8) is 0 Å². The Hall–Kier alpha value is -0.870. The highest BCUT2D eigenvalue weighted by Gasteiger charge is 2.32. The van der Waals surface area contributed by atoms with Crippen LogP contribution in [-0.2, 0) is 6.42 Å². The van der Waals surface area contributed by atoms with Gasteiger partial charge in [-0.1, -0.05) is 18.5 Å². The largest absolute Gasteiger partial charge is 0.353 e. The molecule has 0 saturated carbocycles. The molecular weight excluding hydrogens is 260 g/mol. The van der Waals surface area contributed by atoms with Crippen molar-refractivity contribution in [2.24, 2.45) is 0 Å². The third-order valence-corrected chi connectivity index (χ3v) is 4.41. The molecule has 0 bridgehead atoms. The summed E-state index contributed by atoms with van der Waals surface area (Å²) in [5.74, 6) is 1.82. The van der Waals surface area contributed by atoms with E-state index in [0.29, 0.717) is 5.15 Å². The predicted molar refractivity (Wildman–Crippen MR) is 80.1 cm³/mol. The molecule has 1 aromatic rings. The molecule has 1 aliphatic heterocycles. The summed E-state index contributed by atoms with van der Waals surface area (Å²) in [6.07, 6.45) is 0.810. The Morgan fingerprint density at radius 3 is 2.53 bits per heavy atom. The number of anilines is 1. The van der Waals surface area contributed by atoms with E-state index in [1.165, 1.54) is 0 Å². The quantitative estimate of drug-likeness (QED) is 0.781. The van der Waals surface area contributed by atoms with Gasteiger partial charge in [-0.25, -0.2) is 9.97 Å². The van der Waals surface area contributed by atoms with Gasteiger partial charge in [-0.05, 0) is 27.8 Å². The Labute approximate surface area is 120 Å². The first-order valence-electron chi connectivity index (χ1n) is 6.84. The van der Waals surface area contributed by atoms with E-state index < -0.39 is 0 Å². The molecule has 1 fully saturated rings. The molecular formula is C14H23ClN4. The minimum absolute atomic E-state index is 0.147. The van der Waals surface area contributed by atoms with Gasteiger partial charge in [0.2, 0.25) is 0 Å². The molecule has 0 unspecified atom stereocenters. The highest BCUT2D eigenvalue weighted by Crippen LogP contribution is 2.28. The number of aromatic nitrogens is 2. The fourth-order valence-electron chi connectivity index (χ4n) is 2.41. The zero-order chi connectivity index (χ0) is 14.2. The molecule has 0 aliphatic carbocycles. The van der Waals surface area contributed by atoms with Gasteiger partial charge in [0.25, 0.3) is 0 Å². The summed E-state index contributed by atoms with van der Waals surface area (Å²) in [7, 11) is 2.18. The maximum atomic E-state index is 6.23. The Balaban J connectivity index is 2.34. The van der Waals surface area contributed by atoms with Crippen LogP contribution in [0.4, 0.5) is 5.82 Å². The second-order valence-corrected chi connectivity index (χ2v) is 6.25. The van der Waals surface area contributed by atoms with Crippen molar-refractivity contribution in [3.8, 4) is 0 Å². The average Bonchev–Trinajstić information content (AvgIpc) is 2.36. The van der Waals surface area contributed by atoms with Crippen LogP contribution in [0.15, 0.2) is 0 Å². The molecule has 0 amide bonds. The average molecular weight is 283 g/mol. The van der Waals surface area contributed by atoms with Gasteiger partial charge in [0, 0.05) is 37.2 Å². The molecule has 0 N–H and O–H groups in total. The number of piperazine rings is 1. The summed E-state index contributed by atoms with van der Waals surface area (Å²) >= 11 is 6.23. The van der Waals surface area contributed by atoms with Crippen LogP contribution in [0, 0.1) is 6.92 Å². The molecule has 0 radical (unpaired) electrons. The van der Waals surface area contributed by atoms with E-state index in [2.05, 4.69) is 47.6 Å². The number of halogens is 1. The number of hydrogen-bond acceptors (Lipinski definition) is 4.